The van der Waals surface area contributed by atoms with Gasteiger partial charge in [0.15, 0.2) is 0 Å². The fourth-order valence-electron chi connectivity index (χ4n) is 3.64. The number of anilines is 1. The summed E-state index contributed by atoms with van der Waals surface area (Å²) in [5.41, 5.74) is 8.69. The van der Waals surface area contributed by atoms with Gasteiger partial charge in [-0.15, -0.1) is 0 Å². The summed E-state index contributed by atoms with van der Waals surface area (Å²) >= 11 is 0. The van der Waals surface area contributed by atoms with Crippen LogP contribution in [0.4, 0.5) is 5.82 Å². The zero-order chi connectivity index (χ0) is 18.9. The average Bonchev–Trinajstić information content (AvgIpc) is 3.05. The minimum Gasteiger partial charge on any atom is -0.411 e. The number of hydrogen-bond donors (Lipinski definition) is 2. The molecule has 2 aromatic rings. The van der Waals surface area contributed by atoms with Crippen LogP contribution in [0.1, 0.15) is 57.7 Å². The first-order chi connectivity index (χ1) is 12.3. The Kier molecular flexibility index (Phi) is 4.86. The predicted octanol–water partition coefficient (Wildman–Crippen LogP) is 3.05. The molecule has 0 aliphatic heterocycles. The lowest BCUT2D eigenvalue weighted by atomic mass is 9.68. The smallest absolute Gasteiger partial charge is 0.254 e. The molecule has 7 heteroatoms. The number of oxime groups is 1. The third kappa shape index (κ3) is 3.50. The lowest BCUT2D eigenvalue weighted by molar-refractivity contribution is 0.183. The highest BCUT2D eigenvalue weighted by Gasteiger charge is 2.33. The summed E-state index contributed by atoms with van der Waals surface area (Å²) in [7, 11) is 0. The Bertz CT molecular complexity index is 896. The van der Waals surface area contributed by atoms with Gasteiger partial charge in [0.2, 0.25) is 0 Å². The van der Waals surface area contributed by atoms with E-state index >= 15 is 0 Å². The Labute approximate surface area is 153 Å². The van der Waals surface area contributed by atoms with E-state index in [-0.39, 0.29) is 11.3 Å². The van der Waals surface area contributed by atoms with Crippen LogP contribution in [0.5, 0.6) is 0 Å². The summed E-state index contributed by atoms with van der Waals surface area (Å²) in [5.74, 6) is 8.06. The highest BCUT2D eigenvalue weighted by molar-refractivity contribution is 5.87. The van der Waals surface area contributed by atoms with Crippen molar-refractivity contribution in [1.82, 2.24) is 19.6 Å². The second-order valence-corrected chi connectivity index (χ2v) is 8.06. The number of rotatable bonds is 1. The summed E-state index contributed by atoms with van der Waals surface area (Å²) in [6.07, 6.45) is 4.95. The average molecular weight is 354 g/mol. The monoisotopic (exact) mass is 354 g/mol. The number of fused-ring (bicyclic) bond motifs is 1. The van der Waals surface area contributed by atoms with Crippen LogP contribution in [0.15, 0.2) is 11.5 Å². The largest absolute Gasteiger partial charge is 0.411 e. The Morgan fingerprint density at radius 3 is 2.88 bits per heavy atom. The molecule has 0 radical (unpaired) electrons. The number of aromatic nitrogens is 4. The van der Waals surface area contributed by atoms with E-state index in [0.717, 1.165) is 30.7 Å². The lowest BCUT2D eigenvalue weighted by Crippen LogP contribution is -2.32. The normalized spacial score (nSPS) is 22.4. The van der Waals surface area contributed by atoms with Crippen molar-refractivity contribution in [2.75, 3.05) is 5.73 Å². The van der Waals surface area contributed by atoms with Crippen LogP contribution in [0.3, 0.4) is 0 Å². The number of hydrogen-bond acceptors (Lipinski definition) is 6. The van der Waals surface area contributed by atoms with Crippen molar-refractivity contribution in [2.45, 2.75) is 53.4 Å². The highest BCUT2D eigenvalue weighted by Crippen LogP contribution is 2.40. The molecular weight excluding hydrogens is 328 g/mol. The van der Waals surface area contributed by atoms with E-state index in [2.05, 4.69) is 52.8 Å². The first kappa shape index (κ1) is 18.2. The van der Waals surface area contributed by atoms with Crippen molar-refractivity contribution in [2.24, 2.45) is 22.4 Å². The van der Waals surface area contributed by atoms with Gasteiger partial charge < -0.3 is 10.9 Å². The third-order valence-corrected chi connectivity index (χ3v) is 5.35. The van der Waals surface area contributed by atoms with Crippen LogP contribution in [-0.4, -0.2) is 30.5 Å². The van der Waals surface area contributed by atoms with Gasteiger partial charge in [-0.05, 0) is 37.5 Å². The quantitative estimate of drug-likeness (QED) is 0.465. The molecule has 3 N–H and O–H groups in total. The maximum Gasteiger partial charge on any atom is 0.254 e. The van der Waals surface area contributed by atoms with Crippen molar-refractivity contribution in [3.05, 3.63) is 17.6 Å². The van der Waals surface area contributed by atoms with E-state index in [1.807, 2.05) is 6.92 Å². The van der Waals surface area contributed by atoms with E-state index in [1.165, 1.54) is 10.8 Å². The number of nitrogen functional groups attached to an aromatic ring is 1. The second-order valence-electron chi connectivity index (χ2n) is 8.06. The molecule has 7 nitrogen and oxygen atoms in total. The molecule has 1 saturated carbocycles. The Hall–Kier alpha value is -2.62. The van der Waals surface area contributed by atoms with Gasteiger partial charge in [0, 0.05) is 12.3 Å². The van der Waals surface area contributed by atoms with E-state index in [0.29, 0.717) is 29.5 Å². The van der Waals surface area contributed by atoms with Crippen LogP contribution in [0.2, 0.25) is 0 Å². The second kappa shape index (κ2) is 6.94. The molecule has 1 aliphatic rings. The van der Waals surface area contributed by atoms with Gasteiger partial charge in [0.05, 0.1) is 17.0 Å². The topological polar surface area (TPSA) is 102 Å². The lowest BCUT2D eigenvalue weighted by Gasteiger charge is -2.37. The molecule has 2 unspecified atom stereocenters. The van der Waals surface area contributed by atoms with E-state index in [1.54, 1.807) is 0 Å². The molecule has 2 aromatic heterocycles. The zero-order valence-corrected chi connectivity index (χ0v) is 15.8. The highest BCUT2D eigenvalue weighted by atomic mass is 16.4. The number of nitrogens with zero attached hydrogens (tertiary/aromatic N) is 5. The molecule has 0 aromatic carbocycles. The van der Waals surface area contributed by atoms with Gasteiger partial charge in [0.25, 0.3) is 5.78 Å². The van der Waals surface area contributed by atoms with E-state index in [9.17, 15) is 5.21 Å². The van der Waals surface area contributed by atoms with Crippen LogP contribution < -0.4 is 5.73 Å². The Morgan fingerprint density at radius 2 is 2.19 bits per heavy atom. The molecule has 0 amide bonds. The van der Waals surface area contributed by atoms with Crippen LogP contribution >= 0.6 is 0 Å². The van der Waals surface area contributed by atoms with Crippen molar-refractivity contribution in [3.63, 3.8) is 0 Å². The molecular formula is C19H26N6O. The standard InChI is InChI=1S/C19H26N6O/c1-12-15(17(20)25-18(23-12)21-11-22-25)7-5-6-13-10-14(19(2,3)4)8-9-16(13)24-26/h11,13-14,26H,6,8-10,20H2,1-4H3/b24-16-. The fourth-order valence-corrected chi connectivity index (χ4v) is 3.64. The predicted molar refractivity (Wildman–Crippen MR) is 101 cm³/mol. The van der Waals surface area contributed by atoms with Gasteiger partial charge in [-0.2, -0.15) is 14.6 Å². The third-order valence-electron chi connectivity index (χ3n) is 5.35. The van der Waals surface area contributed by atoms with Gasteiger partial charge in [-0.1, -0.05) is 37.8 Å². The molecule has 2 atom stereocenters. The van der Waals surface area contributed by atoms with E-state index in [4.69, 9.17) is 5.73 Å². The Morgan fingerprint density at radius 1 is 1.42 bits per heavy atom. The number of nitrogens with two attached hydrogens (primary N) is 1. The van der Waals surface area contributed by atoms with Gasteiger partial charge >= 0.3 is 0 Å². The molecule has 1 aliphatic carbocycles. The van der Waals surface area contributed by atoms with Crippen LogP contribution in [0, 0.1) is 36.0 Å². The molecule has 3 rings (SSSR count). The summed E-state index contributed by atoms with van der Waals surface area (Å²) in [6.45, 7) is 8.67. The summed E-state index contributed by atoms with van der Waals surface area (Å²) < 4.78 is 1.49. The maximum absolute atomic E-state index is 9.34. The van der Waals surface area contributed by atoms with Gasteiger partial charge in [0.1, 0.15) is 12.1 Å². The van der Waals surface area contributed by atoms with Crippen molar-refractivity contribution >= 4 is 17.3 Å². The first-order valence-corrected chi connectivity index (χ1v) is 8.96. The number of aryl methyl sites for hydroxylation is 1. The van der Waals surface area contributed by atoms with Crippen LogP contribution in [0.25, 0.3) is 5.78 Å². The van der Waals surface area contributed by atoms with Gasteiger partial charge in [-0.25, -0.2) is 4.98 Å². The Balaban J connectivity index is 1.82. The minimum atomic E-state index is 0.176. The molecule has 26 heavy (non-hydrogen) atoms. The minimum absolute atomic E-state index is 0.176. The van der Waals surface area contributed by atoms with Gasteiger partial charge in [-0.3, -0.25) is 0 Å². The molecule has 0 bridgehead atoms. The zero-order valence-electron chi connectivity index (χ0n) is 15.8. The molecule has 1 fully saturated rings. The van der Waals surface area contributed by atoms with Crippen molar-refractivity contribution < 1.29 is 5.21 Å². The summed E-state index contributed by atoms with van der Waals surface area (Å²) in [6, 6.07) is 0. The fraction of sp³-hybridized carbons (Fsp3) is 0.579. The van der Waals surface area contributed by atoms with Crippen LogP contribution in [-0.2, 0) is 0 Å². The van der Waals surface area contributed by atoms with Crippen molar-refractivity contribution in [3.8, 4) is 11.8 Å². The molecule has 0 spiro atoms. The van der Waals surface area contributed by atoms with Crippen molar-refractivity contribution in [1.29, 1.82) is 0 Å². The summed E-state index contributed by atoms with van der Waals surface area (Å²) in [4.78, 5) is 8.44. The maximum atomic E-state index is 9.34. The molecule has 2 heterocycles. The van der Waals surface area contributed by atoms with E-state index < -0.39 is 0 Å². The molecule has 0 saturated heterocycles. The SMILES string of the molecule is Cc1nc2ncnn2c(N)c1C#CCC1CC(C(C)(C)C)CC/C1=N/O. The first-order valence-electron chi connectivity index (χ1n) is 8.96. The molecule has 138 valence electrons. The summed E-state index contributed by atoms with van der Waals surface area (Å²) in [5, 5.41) is 16.9.